The molecule has 9 heavy (non-hydrogen) atoms. The smallest absolute Gasteiger partial charge is 0.0699 e. The first kappa shape index (κ1) is 7.03. The molecule has 2 atom stereocenters. The third-order valence-electron chi connectivity index (χ3n) is 1.98. The Hall–Kier alpha value is -0.0800. The van der Waals surface area contributed by atoms with Crippen LogP contribution in [0.25, 0.3) is 0 Å². The molecule has 0 bridgehead atoms. The van der Waals surface area contributed by atoms with Crippen molar-refractivity contribution in [2.75, 3.05) is 13.7 Å². The lowest BCUT2D eigenvalue weighted by Crippen LogP contribution is -2.40. The molecule has 1 N–H and O–H groups in total. The summed E-state index contributed by atoms with van der Waals surface area (Å²) < 4.78 is 5.42. The van der Waals surface area contributed by atoms with E-state index in [1.807, 2.05) is 7.05 Å². The van der Waals surface area contributed by atoms with Gasteiger partial charge in [-0.1, -0.05) is 0 Å². The van der Waals surface area contributed by atoms with Crippen LogP contribution in [0, 0.1) is 0 Å². The fourth-order valence-corrected chi connectivity index (χ4v) is 1.30. The van der Waals surface area contributed by atoms with Gasteiger partial charge in [0.2, 0.25) is 0 Å². The minimum absolute atomic E-state index is 0.406. The van der Waals surface area contributed by atoms with Gasteiger partial charge in [-0.15, -0.1) is 0 Å². The summed E-state index contributed by atoms with van der Waals surface area (Å²) >= 11 is 0. The number of likely N-dealkylation sites (N-methyl/N-ethyl adjacent to an activating group) is 1. The molecule has 0 aromatic carbocycles. The molecule has 0 spiro atoms. The van der Waals surface area contributed by atoms with Crippen molar-refractivity contribution in [3.63, 3.8) is 0 Å². The number of rotatable bonds is 1. The van der Waals surface area contributed by atoms with E-state index in [0.717, 1.165) is 6.61 Å². The van der Waals surface area contributed by atoms with Gasteiger partial charge in [-0.25, -0.2) is 0 Å². The van der Waals surface area contributed by atoms with Crippen LogP contribution in [-0.2, 0) is 4.74 Å². The molecule has 54 valence electrons. The highest BCUT2D eigenvalue weighted by Crippen LogP contribution is 2.12. The lowest BCUT2D eigenvalue weighted by atomic mass is 10.0. The Labute approximate surface area is 56.6 Å². The maximum atomic E-state index is 5.42. The van der Waals surface area contributed by atoms with E-state index in [1.54, 1.807) is 0 Å². The van der Waals surface area contributed by atoms with Crippen LogP contribution < -0.4 is 5.32 Å². The highest BCUT2D eigenvalue weighted by molar-refractivity contribution is 4.75. The van der Waals surface area contributed by atoms with Crippen LogP contribution in [0.15, 0.2) is 0 Å². The predicted octanol–water partition coefficient (Wildman–Crippen LogP) is 0.773. The Morgan fingerprint density at radius 1 is 1.56 bits per heavy atom. The van der Waals surface area contributed by atoms with Gasteiger partial charge >= 0.3 is 0 Å². The Balaban J connectivity index is 2.30. The molecule has 0 amide bonds. The third kappa shape index (κ3) is 1.66. The van der Waals surface area contributed by atoms with E-state index in [9.17, 15) is 0 Å². The van der Waals surface area contributed by atoms with Crippen LogP contribution in [-0.4, -0.2) is 25.8 Å². The van der Waals surface area contributed by atoms with Gasteiger partial charge in [0.1, 0.15) is 0 Å². The molecule has 2 heteroatoms. The maximum Gasteiger partial charge on any atom is 0.0699 e. The summed E-state index contributed by atoms with van der Waals surface area (Å²) in [6.07, 6.45) is 2.87. The van der Waals surface area contributed by atoms with Crippen molar-refractivity contribution < 1.29 is 4.74 Å². The molecule has 0 unspecified atom stereocenters. The molecule has 0 aromatic heterocycles. The summed E-state index contributed by atoms with van der Waals surface area (Å²) in [6.45, 7) is 3.07. The third-order valence-corrected chi connectivity index (χ3v) is 1.98. The van der Waals surface area contributed by atoms with Crippen molar-refractivity contribution in [2.45, 2.75) is 31.9 Å². The van der Waals surface area contributed by atoms with Crippen LogP contribution in [0.1, 0.15) is 19.8 Å². The first-order valence-corrected chi connectivity index (χ1v) is 3.63. The number of hydrogen-bond donors (Lipinski definition) is 1. The van der Waals surface area contributed by atoms with Crippen LogP contribution in [0.3, 0.4) is 0 Å². The topological polar surface area (TPSA) is 21.3 Å². The maximum absolute atomic E-state index is 5.42. The van der Waals surface area contributed by atoms with Crippen molar-refractivity contribution in [1.82, 2.24) is 5.32 Å². The summed E-state index contributed by atoms with van der Waals surface area (Å²) in [5.74, 6) is 0. The first-order chi connectivity index (χ1) is 4.34. The zero-order valence-corrected chi connectivity index (χ0v) is 6.18. The number of hydrogen-bond acceptors (Lipinski definition) is 2. The molecule has 0 aliphatic carbocycles. The summed E-state index contributed by atoms with van der Waals surface area (Å²) in [7, 11) is 2.00. The van der Waals surface area contributed by atoms with E-state index < -0.39 is 0 Å². The second-order valence-corrected chi connectivity index (χ2v) is 2.61. The highest BCUT2D eigenvalue weighted by Gasteiger charge is 2.19. The second-order valence-electron chi connectivity index (χ2n) is 2.61. The SMILES string of the molecule is CN[C@H]1CCCO[C@@H]1C. The van der Waals surface area contributed by atoms with Crippen LogP contribution in [0.5, 0.6) is 0 Å². The quantitative estimate of drug-likeness (QED) is 0.564. The molecule has 0 aromatic rings. The standard InChI is InChI=1S/C7H15NO/c1-6-7(8-2)4-3-5-9-6/h6-8H,3-5H2,1-2H3/t6-,7+/m1/s1. The summed E-state index contributed by atoms with van der Waals surface area (Å²) in [6, 6.07) is 0.582. The summed E-state index contributed by atoms with van der Waals surface area (Å²) in [5, 5.41) is 3.23. The van der Waals surface area contributed by atoms with Crippen LogP contribution in [0.4, 0.5) is 0 Å². The largest absolute Gasteiger partial charge is 0.377 e. The van der Waals surface area contributed by atoms with Gasteiger partial charge in [-0.05, 0) is 26.8 Å². The van der Waals surface area contributed by atoms with Crippen molar-refractivity contribution >= 4 is 0 Å². The van der Waals surface area contributed by atoms with Gasteiger partial charge in [0, 0.05) is 12.6 Å². The van der Waals surface area contributed by atoms with E-state index >= 15 is 0 Å². The molecule has 1 heterocycles. The summed E-state index contributed by atoms with van der Waals surface area (Å²) in [5.41, 5.74) is 0. The predicted molar refractivity (Wildman–Crippen MR) is 37.5 cm³/mol. The van der Waals surface area contributed by atoms with Crippen molar-refractivity contribution in [2.24, 2.45) is 0 Å². The Morgan fingerprint density at radius 2 is 2.33 bits per heavy atom. The van der Waals surface area contributed by atoms with Gasteiger partial charge in [-0.2, -0.15) is 0 Å². The molecular weight excluding hydrogens is 114 g/mol. The van der Waals surface area contributed by atoms with Crippen LogP contribution in [0.2, 0.25) is 0 Å². The first-order valence-electron chi connectivity index (χ1n) is 3.63. The molecule has 1 aliphatic rings. The van der Waals surface area contributed by atoms with Gasteiger partial charge < -0.3 is 10.1 Å². The molecule has 2 nitrogen and oxygen atoms in total. The van der Waals surface area contributed by atoms with Gasteiger partial charge in [-0.3, -0.25) is 0 Å². The molecule has 1 fully saturated rings. The van der Waals surface area contributed by atoms with E-state index in [-0.39, 0.29) is 0 Å². The minimum atomic E-state index is 0.406. The Morgan fingerprint density at radius 3 is 2.78 bits per heavy atom. The average Bonchev–Trinajstić information content (AvgIpc) is 1.89. The molecule has 1 aliphatic heterocycles. The lowest BCUT2D eigenvalue weighted by molar-refractivity contribution is 0.00511. The highest BCUT2D eigenvalue weighted by atomic mass is 16.5. The Bertz CT molecular complexity index is 85.0. The van der Waals surface area contributed by atoms with E-state index in [1.165, 1.54) is 12.8 Å². The molecular formula is C7H15NO. The minimum Gasteiger partial charge on any atom is -0.377 e. The average molecular weight is 129 g/mol. The zero-order chi connectivity index (χ0) is 6.69. The molecule has 1 rings (SSSR count). The zero-order valence-electron chi connectivity index (χ0n) is 6.18. The van der Waals surface area contributed by atoms with Crippen molar-refractivity contribution in [1.29, 1.82) is 0 Å². The summed E-state index contributed by atoms with van der Waals surface area (Å²) in [4.78, 5) is 0. The fourth-order valence-electron chi connectivity index (χ4n) is 1.30. The van der Waals surface area contributed by atoms with Crippen molar-refractivity contribution in [3.05, 3.63) is 0 Å². The van der Waals surface area contributed by atoms with E-state index in [4.69, 9.17) is 4.74 Å². The molecule has 0 saturated carbocycles. The van der Waals surface area contributed by atoms with Gasteiger partial charge in [0.25, 0.3) is 0 Å². The molecule has 1 saturated heterocycles. The van der Waals surface area contributed by atoms with Gasteiger partial charge in [0.05, 0.1) is 6.10 Å². The van der Waals surface area contributed by atoms with E-state index in [2.05, 4.69) is 12.2 Å². The molecule has 0 radical (unpaired) electrons. The van der Waals surface area contributed by atoms with Crippen LogP contribution >= 0.6 is 0 Å². The van der Waals surface area contributed by atoms with Gasteiger partial charge in [0.15, 0.2) is 0 Å². The number of ether oxygens (including phenoxy) is 1. The number of nitrogens with one attached hydrogen (secondary N) is 1. The fraction of sp³-hybridized carbons (Fsp3) is 1.00. The lowest BCUT2D eigenvalue weighted by Gasteiger charge is -2.28. The van der Waals surface area contributed by atoms with Crippen molar-refractivity contribution in [3.8, 4) is 0 Å². The normalized spacial score (nSPS) is 36.7. The Kier molecular flexibility index (Phi) is 2.49. The monoisotopic (exact) mass is 129 g/mol. The van der Waals surface area contributed by atoms with E-state index in [0.29, 0.717) is 12.1 Å². The second kappa shape index (κ2) is 3.18.